The van der Waals surface area contributed by atoms with Crippen molar-refractivity contribution >= 4 is 5.78 Å². The summed E-state index contributed by atoms with van der Waals surface area (Å²) in [4.78, 5) is 14.2. The van der Waals surface area contributed by atoms with Crippen LogP contribution in [0.2, 0.25) is 0 Å². The Morgan fingerprint density at radius 2 is 2.13 bits per heavy atom. The van der Waals surface area contributed by atoms with Crippen LogP contribution in [0, 0.1) is 0 Å². The average Bonchev–Trinajstić information content (AvgIpc) is 2.90. The van der Waals surface area contributed by atoms with Crippen LogP contribution in [0.1, 0.15) is 17.3 Å². The predicted molar refractivity (Wildman–Crippen MR) is 60.9 cm³/mol. The molecule has 0 radical (unpaired) electrons. The molecule has 1 aromatic carbocycles. The van der Waals surface area contributed by atoms with Crippen molar-refractivity contribution in [3.63, 3.8) is 0 Å². The minimum absolute atomic E-state index is 0.0606. The zero-order valence-corrected chi connectivity index (χ0v) is 8.89. The van der Waals surface area contributed by atoms with E-state index in [4.69, 9.17) is 0 Å². The van der Waals surface area contributed by atoms with Crippen molar-refractivity contribution in [2.75, 3.05) is 6.54 Å². The van der Waals surface area contributed by atoms with Gasteiger partial charge >= 0.3 is 0 Å². The van der Waals surface area contributed by atoms with Crippen molar-refractivity contribution in [3.8, 4) is 0 Å². The van der Waals surface area contributed by atoms with Crippen LogP contribution in [-0.2, 0) is 0 Å². The van der Waals surface area contributed by atoms with E-state index in [1.165, 1.54) is 0 Å². The molecule has 2 nitrogen and oxygen atoms in total. The number of hydrogen-bond donors (Lipinski definition) is 0. The first-order valence-corrected chi connectivity index (χ1v) is 5.21. The van der Waals surface area contributed by atoms with Gasteiger partial charge in [-0.3, -0.25) is 9.69 Å². The number of Topliss-reactive ketones (excluding diaryl/α,β-unsaturated/α-hetero) is 1. The van der Waals surface area contributed by atoms with Gasteiger partial charge in [0.15, 0.2) is 5.78 Å². The van der Waals surface area contributed by atoms with E-state index in [0.29, 0.717) is 6.04 Å². The van der Waals surface area contributed by atoms with E-state index in [0.717, 1.165) is 12.1 Å². The Morgan fingerprint density at radius 1 is 1.47 bits per heavy atom. The Morgan fingerprint density at radius 3 is 2.73 bits per heavy atom. The van der Waals surface area contributed by atoms with Crippen LogP contribution in [0.5, 0.6) is 0 Å². The Kier molecular flexibility index (Phi) is 2.69. The normalized spacial score (nSPS) is 28.5. The van der Waals surface area contributed by atoms with Gasteiger partial charge in [0.2, 0.25) is 0 Å². The quantitative estimate of drug-likeness (QED) is 0.422. The van der Waals surface area contributed by atoms with Crippen molar-refractivity contribution in [2.45, 2.75) is 19.0 Å². The first kappa shape index (κ1) is 10.1. The third-order valence-corrected chi connectivity index (χ3v) is 2.91. The number of rotatable bonds is 4. The fourth-order valence-corrected chi connectivity index (χ4v) is 1.98. The maximum atomic E-state index is 12.0. The third-order valence-electron chi connectivity index (χ3n) is 2.91. The molecule has 0 amide bonds. The number of hydrogen-bond acceptors (Lipinski definition) is 2. The van der Waals surface area contributed by atoms with Crippen LogP contribution in [0.15, 0.2) is 43.0 Å². The molecule has 1 aliphatic rings. The molecule has 1 heterocycles. The molecular weight excluding hydrogens is 186 g/mol. The first-order chi connectivity index (χ1) is 7.25. The van der Waals surface area contributed by atoms with Crippen LogP contribution < -0.4 is 0 Å². The fraction of sp³-hybridized carbons (Fsp3) is 0.308. The van der Waals surface area contributed by atoms with E-state index in [9.17, 15) is 4.79 Å². The van der Waals surface area contributed by atoms with Gasteiger partial charge in [0.1, 0.15) is 0 Å². The first-order valence-electron chi connectivity index (χ1n) is 5.21. The molecule has 2 rings (SSSR count). The largest absolute Gasteiger partial charge is 0.292 e. The van der Waals surface area contributed by atoms with Gasteiger partial charge in [0, 0.05) is 18.2 Å². The van der Waals surface area contributed by atoms with Crippen LogP contribution in [0.4, 0.5) is 0 Å². The minimum Gasteiger partial charge on any atom is -0.292 e. The molecule has 0 aliphatic carbocycles. The van der Waals surface area contributed by atoms with Gasteiger partial charge in [-0.1, -0.05) is 36.4 Å². The van der Waals surface area contributed by atoms with Gasteiger partial charge in [-0.2, -0.15) is 0 Å². The third kappa shape index (κ3) is 1.85. The molecule has 1 saturated heterocycles. The van der Waals surface area contributed by atoms with E-state index >= 15 is 0 Å². The lowest BCUT2D eigenvalue weighted by Gasteiger charge is -1.99. The Balaban J connectivity index is 2.08. The second-order valence-electron chi connectivity index (χ2n) is 3.90. The molecule has 0 N–H and O–H groups in total. The second-order valence-corrected chi connectivity index (χ2v) is 3.90. The van der Waals surface area contributed by atoms with Crippen LogP contribution >= 0.6 is 0 Å². The molecule has 3 unspecified atom stereocenters. The van der Waals surface area contributed by atoms with Gasteiger partial charge in [-0.15, -0.1) is 6.58 Å². The molecule has 1 aliphatic heterocycles. The lowest BCUT2D eigenvalue weighted by Crippen LogP contribution is -2.13. The molecule has 1 aromatic rings. The summed E-state index contributed by atoms with van der Waals surface area (Å²) in [6.45, 7) is 6.56. The lowest BCUT2D eigenvalue weighted by molar-refractivity contribution is 0.0975. The minimum atomic E-state index is 0.0606. The smallest absolute Gasteiger partial charge is 0.181 e. The van der Waals surface area contributed by atoms with Gasteiger partial charge < -0.3 is 0 Å². The van der Waals surface area contributed by atoms with E-state index in [-0.39, 0.29) is 11.8 Å². The highest BCUT2D eigenvalue weighted by Crippen LogP contribution is 2.30. The molecule has 0 spiro atoms. The van der Waals surface area contributed by atoms with Crippen molar-refractivity contribution in [3.05, 3.63) is 48.6 Å². The Bertz CT molecular complexity index is 371. The number of benzene rings is 1. The zero-order chi connectivity index (χ0) is 10.8. The number of ketones is 1. The summed E-state index contributed by atoms with van der Waals surface area (Å²) in [6.07, 6.45) is 1.84. The van der Waals surface area contributed by atoms with Crippen molar-refractivity contribution < 1.29 is 4.79 Å². The summed E-state index contributed by atoms with van der Waals surface area (Å²) in [5, 5.41) is 0. The highest BCUT2D eigenvalue weighted by Gasteiger charge is 2.48. The number of carbonyl (C=O) groups is 1. The molecule has 3 atom stereocenters. The van der Waals surface area contributed by atoms with E-state index in [1.807, 2.05) is 36.4 Å². The highest BCUT2D eigenvalue weighted by atomic mass is 16.1. The summed E-state index contributed by atoms with van der Waals surface area (Å²) in [5.74, 6) is 0.227. The highest BCUT2D eigenvalue weighted by molar-refractivity contribution is 6.02. The molecule has 0 aromatic heterocycles. The molecule has 0 bridgehead atoms. The monoisotopic (exact) mass is 201 g/mol. The maximum Gasteiger partial charge on any atom is 0.181 e. The SMILES string of the molecule is C=CCN1C(C)C1C(=O)c1ccccc1. The van der Waals surface area contributed by atoms with Crippen LogP contribution in [0.25, 0.3) is 0 Å². The lowest BCUT2D eigenvalue weighted by atomic mass is 10.1. The van der Waals surface area contributed by atoms with Gasteiger partial charge in [0.05, 0.1) is 6.04 Å². The fourth-order valence-electron chi connectivity index (χ4n) is 1.98. The molecule has 78 valence electrons. The summed E-state index contributed by atoms with van der Waals surface area (Å²) in [7, 11) is 0. The van der Waals surface area contributed by atoms with Crippen LogP contribution in [-0.4, -0.2) is 29.3 Å². The van der Waals surface area contributed by atoms with Gasteiger partial charge in [-0.25, -0.2) is 0 Å². The molecular formula is C13H15NO. The van der Waals surface area contributed by atoms with Crippen LogP contribution in [0.3, 0.4) is 0 Å². The van der Waals surface area contributed by atoms with Gasteiger partial charge in [0.25, 0.3) is 0 Å². The van der Waals surface area contributed by atoms with Gasteiger partial charge in [-0.05, 0) is 6.92 Å². The van der Waals surface area contributed by atoms with Crippen molar-refractivity contribution in [1.82, 2.24) is 4.90 Å². The van der Waals surface area contributed by atoms with E-state index in [1.54, 1.807) is 0 Å². The summed E-state index contributed by atoms with van der Waals surface area (Å²) in [5.41, 5.74) is 0.806. The van der Waals surface area contributed by atoms with Crippen molar-refractivity contribution in [2.24, 2.45) is 0 Å². The second kappa shape index (κ2) is 3.99. The summed E-state index contributed by atoms with van der Waals surface area (Å²) in [6, 6.07) is 9.89. The van der Waals surface area contributed by atoms with E-state index < -0.39 is 0 Å². The molecule has 0 saturated carbocycles. The standard InChI is InChI=1S/C13H15NO/c1-3-9-14-10(2)12(14)13(15)11-7-5-4-6-8-11/h3-8,10,12H,1,9H2,2H3. The molecule has 15 heavy (non-hydrogen) atoms. The molecule has 2 heteroatoms. The number of nitrogens with zero attached hydrogens (tertiary/aromatic N) is 1. The predicted octanol–water partition coefficient (Wildman–Crippen LogP) is 2.13. The zero-order valence-electron chi connectivity index (χ0n) is 8.89. The average molecular weight is 201 g/mol. The van der Waals surface area contributed by atoms with Crippen molar-refractivity contribution in [1.29, 1.82) is 0 Å². The topological polar surface area (TPSA) is 20.1 Å². The summed E-state index contributed by atoms with van der Waals surface area (Å²) < 4.78 is 0. The molecule has 1 fully saturated rings. The van der Waals surface area contributed by atoms with E-state index in [2.05, 4.69) is 18.4 Å². The summed E-state index contributed by atoms with van der Waals surface area (Å²) >= 11 is 0. The maximum absolute atomic E-state index is 12.0. The Hall–Kier alpha value is -1.41. The number of carbonyl (C=O) groups excluding carboxylic acids is 1. The Labute approximate surface area is 90.2 Å².